The van der Waals surface area contributed by atoms with E-state index >= 15 is 0 Å². The van der Waals surface area contributed by atoms with E-state index < -0.39 is 5.97 Å². The van der Waals surface area contributed by atoms with Gasteiger partial charge in [0.05, 0.1) is 18.2 Å². The number of carboxylic acids is 1. The number of benzene rings is 1. The fourth-order valence-corrected chi connectivity index (χ4v) is 2.39. The van der Waals surface area contributed by atoms with Crippen molar-refractivity contribution in [3.05, 3.63) is 23.8 Å². The molecule has 1 atom stereocenters. The second-order valence-corrected chi connectivity index (χ2v) is 5.94. The summed E-state index contributed by atoms with van der Waals surface area (Å²) in [7, 11) is 1.55. The van der Waals surface area contributed by atoms with Crippen molar-refractivity contribution in [2.45, 2.75) is 32.3 Å². The van der Waals surface area contributed by atoms with Crippen molar-refractivity contribution in [2.24, 2.45) is 0 Å². The van der Waals surface area contributed by atoms with Crippen molar-refractivity contribution in [2.75, 3.05) is 32.1 Å². The fraction of sp³-hybridized carbons (Fsp3) is 0.529. The van der Waals surface area contributed by atoms with Crippen molar-refractivity contribution in [3.63, 3.8) is 0 Å². The molecule has 1 unspecified atom stereocenters. The van der Waals surface area contributed by atoms with Crippen molar-refractivity contribution in [1.29, 1.82) is 0 Å². The van der Waals surface area contributed by atoms with E-state index in [1.807, 2.05) is 19.1 Å². The number of urea groups is 1. The zero-order valence-corrected chi connectivity index (χ0v) is 14.1. The number of aryl methyl sites for hydroxylation is 1. The van der Waals surface area contributed by atoms with Gasteiger partial charge >= 0.3 is 12.0 Å². The van der Waals surface area contributed by atoms with Gasteiger partial charge < -0.3 is 24.8 Å². The molecule has 0 saturated carbocycles. The molecule has 1 saturated heterocycles. The first-order chi connectivity index (χ1) is 11.5. The first-order valence-electron chi connectivity index (χ1n) is 8.04. The molecule has 0 bridgehead atoms. The van der Waals surface area contributed by atoms with Gasteiger partial charge in [0.25, 0.3) is 0 Å². The Hall–Kier alpha value is -2.28. The van der Waals surface area contributed by atoms with Gasteiger partial charge in [0, 0.05) is 20.2 Å². The molecule has 0 radical (unpaired) electrons. The highest BCUT2D eigenvalue weighted by Crippen LogP contribution is 2.27. The maximum absolute atomic E-state index is 12.2. The summed E-state index contributed by atoms with van der Waals surface area (Å²) < 4.78 is 11.4. The topological polar surface area (TPSA) is 88.1 Å². The van der Waals surface area contributed by atoms with Crippen LogP contribution in [0, 0.1) is 6.92 Å². The van der Waals surface area contributed by atoms with E-state index in [9.17, 15) is 9.59 Å². The van der Waals surface area contributed by atoms with E-state index in [4.69, 9.17) is 14.6 Å². The van der Waals surface area contributed by atoms with Gasteiger partial charge in [-0.2, -0.15) is 0 Å². The zero-order valence-electron chi connectivity index (χ0n) is 14.1. The molecule has 1 heterocycles. The summed E-state index contributed by atoms with van der Waals surface area (Å²) in [5.41, 5.74) is 1.58. The van der Waals surface area contributed by atoms with Gasteiger partial charge in [-0.05, 0) is 37.5 Å². The maximum Gasteiger partial charge on any atom is 0.321 e. The first kappa shape index (κ1) is 18.1. The van der Waals surface area contributed by atoms with Crippen LogP contribution in [0.3, 0.4) is 0 Å². The highest BCUT2D eigenvalue weighted by atomic mass is 16.5. The maximum atomic E-state index is 12.2. The van der Waals surface area contributed by atoms with Crippen molar-refractivity contribution in [3.8, 4) is 5.75 Å². The summed E-state index contributed by atoms with van der Waals surface area (Å²) in [6.45, 7) is 3.30. The summed E-state index contributed by atoms with van der Waals surface area (Å²) in [5, 5.41) is 11.5. The second kappa shape index (κ2) is 8.54. The third-order valence-corrected chi connectivity index (χ3v) is 3.84. The summed E-state index contributed by atoms with van der Waals surface area (Å²) in [6.07, 6.45) is 2.01. The van der Waals surface area contributed by atoms with Crippen molar-refractivity contribution in [1.82, 2.24) is 4.90 Å². The van der Waals surface area contributed by atoms with Crippen LogP contribution in [0.4, 0.5) is 10.5 Å². The van der Waals surface area contributed by atoms with Crippen LogP contribution in [-0.2, 0) is 9.53 Å². The van der Waals surface area contributed by atoms with Crippen LogP contribution >= 0.6 is 0 Å². The SMILES string of the molecule is Cc1ccc(NC(=O)N(C)CCC(=O)O)c(OCC2CCCO2)c1. The Kier molecular flexibility index (Phi) is 6.43. The van der Waals surface area contributed by atoms with E-state index in [1.54, 1.807) is 13.1 Å². The molecule has 2 N–H and O–H groups in total. The van der Waals surface area contributed by atoms with Gasteiger partial charge in [-0.3, -0.25) is 4.79 Å². The van der Waals surface area contributed by atoms with Gasteiger partial charge in [0.1, 0.15) is 12.4 Å². The molecule has 0 aliphatic carbocycles. The van der Waals surface area contributed by atoms with E-state index in [2.05, 4.69) is 5.32 Å². The molecule has 2 rings (SSSR count). The highest BCUT2D eigenvalue weighted by molar-refractivity contribution is 5.91. The molecule has 1 aromatic rings. The van der Waals surface area contributed by atoms with E-state index in [0.717, 1.165) is 25.0 Å². The smallest absolute Gasteiger partial charge is 0.321 e. The molecule has 7 nitrogen and oxygen atoms in total. The van der Waals surface area contributed by atoms with Crippen LogP contribution in [0.5, 0.6) is 5.75 Å². The molecular formula is C17H24N2O5. The quantitative estimate of drug-likeness (QED) is 0.799. The second-order valence-electron chi connectivity index (χ2n) is 5.94. The Bertz CT molecular complexity index is 584. The molecule has 7 heteroatoms. The minimum Gasteiger partial charge on any atom is -0.489 e. The van der Waals surface area contributed by atoms with Crippen LogP contribution in [0.2, 0.25) is 0 Å². The molecule has 1 aromatic carbocycles. The molecular weight excluding hydrogens is 312 g/mol. The average molecular weight is 336 g/mol. The first-order valence-corrected chi connectivity index (χ1v) is 8.04. The van der Waals surface area contributed by atoms with Crippen LogP contribution in [0.25, 0.3) is 0 Å². The van der Waals surface area contributed by atoms with Gasteiger partial charge in [0.15, 0.2) is 0 Å². The minimum atomic E-state index is -0.939. The summed E-state index contributed by atoms with van der Waals surface area (Å²) >= 11 is 0. The Morgan fingerprint density at radius 3 is 2.92 bits per heavy atom. The molecule has 1 aliphatic heterocycles. The Balaban J connectivity index is 1.97. The number of carboxylic acid groups (broad SMARTS) is 1. The third kappa shape index (κ3) is 5.42. The van der Waals surface area contributed by atoms with Gasteiger partial charge in [-0.25, -0.2) is 4.79 Å². The lowest BCUT2D eigenvalue weighted by Crippen LogP contribution is -2.33. The Labute approximate surface area is 141 Å². The lowest BCUT2D eigenvalue weighted by Gasteiger charge is -2.19. The van der Waals surface area contributed by atoms with E-state index in [0.29, 0.717) is 18.0 Å². The Morgan fingerprint density at radius 2 is 2.25 bits per heavy atom. The molecule has 0 aromatic heterocycles. The molecule has 1 aliphatic rings. The van der Waals surface area contributed by atoms with Crippen LogP contribution in [-0.4, -0.2) is 54.9 Å². The highest BCUT2D eigenvalue weighted by Gasteiger charge is 2.18. The molecule has 24 heavy (non-hydrogen) atoms. The minimum absolute atomic E-state index is 0.0901. The molecule has 132 valence electrons. The standard InChI is InChI=1S/C17H24N2O5/c1-12-5-6-14(18-17(22)19(2)8-7-16(20)21)15(10-12)24-11-13-4-3-9-23-13/h5-6,10,13H,3-4,7-9,11H2,1-2H3,(H,18,22)(H,20,21). The number of aliphatic carboxylic acids is 1. The van der Waals surface area contributed by atoms with Crippen LogP contribution in [0.1, 0.15) is 24.8 Å². The lowest BCUT2D eigenvalue weighted by atomic mass is 10.2. The predicted octanol–water partition coefficient (Wildman–Crippen LogP) is 2.49. The van der Waals surface area contributed by atoms with E-state index in [1.165, 1.54) is 4.90 Å². The average Bonchev–Trinajstić information content (AvgIpc) is 3.06. The summed E-state index contributed by atoms with van der Waals surface area (Å²) in [6, 6.07) is 5.15. The number of anilines is 1. The molecule has 1 fully saturated rings. The lowest BCUT2D eigenvalue weighted by molar-refractivity contribution is -0.137. The number of carbonyl (C=O) groups excluding carboxylic acids is 1. The van der Waals surface area contributed by atoms with Gasteiger partial charge in [0.2, 0.25) is 0 Å². The van der Waals surface area contributed by atoms with Crippen molar-refractivity contribution >= 4 is 17.7 Å². The summed E-state index contributed by atoms with van der Waals surface area (Å²) in [5.74, 6) is -0.351. The van der Waals surface area contributed by atoms with Gasteiger partial charge in [-0.15, -0.1) is 0 Å². The Morgan fingerprint density at radius 1 is 1.46 bits per heavy atom. The number of amides is 2. The van der Waals surface area contributed by atoms with Crippen LogP contribution < -0.4 is 10.1 Å². The van der Waals surface area contributed by atoms with Crippen LogP contribution in [0.15, 0.2) is 18.2 Å². The normalized spacial score (nSPS) is 16.7. The number of hydrogen-bond donors (Lipinski definition) is 2. The molecule has 2 amide bonds. The number of ether oxygens (including phenoxy) is 2. The molecule has 0 spiro atoms. The number of nitrogens with one attached hydrogen (secondary N) is 1. The largest absolute Gasteiger partial charge is 0.489 e. The number of hydrogen-bond acceptors (Lipinski definition) is 4. The van der Waals surface area contributed by atoms with Gasteiger partial charge in [-0.1, -0.05) is 6.07 Å². The number of nitrogens with zero attached hydrogens (tertiary/aromatic N) is 1. The summed E-state index contributed by atoms with van der Waals surface area (Å²) in [4.78, 5) is 24.1. The monoisotopic (exact) mass is 336 g/mol. The van der Waals surface area contributed by atoms with Crippen molar-refractivity contribution < 1.29 is 24.2 Å². The zero-order chi connectivity index (χ0) is 17.5. The number of carbonyl (C=O) groups is 2. The third-order valence-electron chi connectivity index (χ3n) is 3.84. The number of rotatable bonds is 7. The van der Waals surface area contributed by atoms with E-state index in [-0.39, 0.29) is 25.1 Å². The predicted molar refractivity (Wildman–Crippen MR) is 89.5 cm³/mol. The fourth-order valence-electron chi connectivity index (χ4n) is 2.39.